The molecule has 1 aliphatic rings. The molecule has 1 unspecified atom stereocenters. The second-order valence-corrected chi connectivity index (χ2v) is 6.01. The molecule has 1 N–H and O–H groups in total. The maximum atomic E-state index is 11.8. The van der Waals surface area contributed by atoms with Crippen molar-refractivity contribution < 1.29 is 4.79 Å². The van der Waals surface area contributed by atoms with E-state index in [2.05, 4.69) is 21.2 Å². The van der Waals surface area contributed by atoms with Gasteiger partial charge in [-0.15, -0.1) is 0 Å². The minimum Gasteiger partial charge on any atom is -0.352 e. The topological polar surface area (TPSA) is 29.1 Å². The molecule has 0 bridgehead atoms. The average molecular weight is 300 g/mol. The summed E-state index contributed by atoms with van der Waals surface area (Å²) < 4.78 is 0.997. The Morgan fingerprint density at radius 1 is 1.44 bits per heavy atom. The van der Waals surface area contributed by atoms with Crippen LogP contribution in [0.5, 0.6) is 0 Å². The van der Waals surface area contributed by atoms with Crippen molar-refractivity contribution in [3.63, 3.8) is 0 Å². The van der Waals surface area contributed by atoms with E-state index < -0.39 is 0 Å². The standard InChI is InChI=1S/C12H14BrNOS/c13-11-3-1-10(2-4-11)12(15)14-7-9-5-6-16-8-9/h1-4,9H,5-8H2,(H,14,15). The third kappa shape index (κ3) is 3.25. The van der Waals surface area contributed by atoms with Crippen molar-refractivity contribution in [2.75, 3.05) is 18.1 Å². The molecule has 0 radical (unpaired) electrons. The molecule has 1 fully saturated rings. The lowest BCUT2D eigenvalue weighted by atomic mass is 10.1. The summed E-state index contributed by atoms with van der Waals surface area (Å²) in [4.78, 5) is 11.8. The number of hydrogen-bond acceptors (Lipinski definition) is 2. The Morgan fingerprint density at radius 2 is 2.19 bits per heavy atom. The molecule has 86 valence electrons. The number of thioether (sulfide) groups is 1. The minimum atomic E-state index is 0.0319. The predicted octanol–water partition coefficient (Wildman–Crippen LogP) is 2.93. The quantitative estimate of drug-likeness (QED) is 0.930. The molecule has 4 heteroatoms. The van der Waals surface area contributed by atoms with Gasteiger partial charge < -0.3 is 5.32 Å². The summed E-state index contributed by atoms with van der Waals surface area (Å²) in [6.45, 7) is 0.807. The van der Waals surface area contributed by atoms with E-state index >= 15 is 0 Å². The summed E-state index contributed by atoms with van der Waals surface area (Å²) in [6, 6.07) is 7.45. The summed E-state index contributed by atoms with van der Waals surface area (Å²) >= 11 is 5.33. The molecule has 0 saturated carbocycles. The number of rotatable bonds is 3. The van der Waals surface area contributed by atoms with Crippen molar-refractivity contribution >= 4 is 33.6 Å². The van der Waals surface area contributed by atoms with Crippen LogP contribution in [0.1, 0.15) is 16.8 Å². The van der Waals surface area contributed by atoms with Crippen LogP contribution in [0.15, 0.2) is 28.7 Å². The first-order chi connectivity index (χ1) is 7.75. The number of hydrogen-bond donors (Lipinski definition) is 1. The Hall–Kier alpha value is -0.480. The molecule has 2 nitrogen and oxygen atoms in total. The van der Waals surface area contributed by atoms with Crippen LogP contribution in [-0.4, -0.2) is 24.0 Å². The molecular weight excluding hydrogens is 286 g/mol. The number of halogens is 1. The number of benzene rings is 1. The highest BCUT2D eigenvalue weighted by molar-refractivity contribution is 9.10. The Morgan fingerprint density at radius 3 is 2.81 bits per heavy atom. The summed E-state index contributed by atoms with van der Waals surface area (Å²) in [7, 11) is 0. The fourth-order valence-corrected chi connectivity index (χ4v) is 3.23. The highest BCUT2D eigenvalue weighted by atomic mass is 79.9. The van der Waals surface area contributed by atoms with Crippen LogP contribution in [-0.2, 0) is 0 Å². The highest BCUT2D eigenvalue weighted by Gasteiger charge is 2.16. The second kappa shape index (κ2) is 5.73. The lowest BCUT2D eigenvalue weighted by Gasteiger charge is -2.09. The zero-order valence-electron chi connectivity index (χ0n) is 8.91. The zero-order chi connectivity index (χ0) is 11.4. The minimum absolute atomic E-state index is 0.0319. The van der Waals surface area contributed by atoms with Gasteiger partial charge in [0.15, 0.2) is 0 Å². The van der Waals surface area contributed by atoms with Gasteiger partial charge in [0.2, 0.25) is 0 Å². The predicted molar refractivity (Wildman–Crippen MR) is 71.9 cm³/mol. The van der Waals surface area contributed by atoms with E-state index in [4.69, 9.17) is 0 Å². The van der Waals surface area contributed by atoms with E-state index in [0.717, 1.165) is 16.6 Å². The maximum Gasteiger partial charge on any atom is 0.251 e. The summed E-state index contributed by atoms with van der Waals surface area (Å²) in [5.41, 5.74) is 0.730. The number of carbonyl (C=O) groups is 1. The molecule has 1 atom stereocenters. The van der Waals surface area contributed by atoms with Gasteiger partial charge in [-0.3, -0.25) is 4.79 Å². The first-order valence-electron chi connectivity index (χ1n) is 5.37. The average Bonchev–Trinajstić information content (AvgIpc) is 2.80. The highest BCUT2D eigenvalue weighted by Crippen LogP contribution is 2.22. The van der Waals surface area contributed by atoms with E-state index in [1.54, 1.807) is 0 Å². The molecule has 1 aliphatic heterocycles. The van der Waals surface area contributed by atoms with Crippen molar-refractivity contribution in [2.45, 2.75) is 6.42 Å². The number of nitrogens with one attached hydrogen (secondary N) is 1. The van der Waals surface area contributed by atoms with E-state index in [9.17, 15) is 4.79 Å². The van der Waals surface area contributed by atoms with Crippen LogP contribution in [0.3, 0.4) is 0 Å². The van der Waals surface area contributed by atoms with E-state index in [1.165, 1.54) is 17.9 Å². The Labute approximate surface area is 108 Å². The maximum absolute atomic E-state index is 11.8. The van der Waals surface area contributed by atoms with Crippen molar-refractivity contribution in [1.29, 1.82) is 0 Å². The molecular formula is C12H14BrNOS. The smallest absolute Gasteiger partial charge is 0.251 e. The zero-order valence-corrected chi connectivity index (χ0v) is 11.3. The molecule has 0 aliphatic carbocycles. The first kappa shape index (κ1) is 12.0. The Kier molecular flexibility index (Phi) is 4.29. The van der Waals surface area contributed by atoms with Gasteiger partial charge in [0.05, 0.1) is 0 Å². The first-order valence-corrected chi connectivity index (χ1v) is 7.32. The fourth-order valence-electron chi connectivity index (χ4n) is 1.68. The van der Waals surface area contributed by atoms with Gasteiger partial charge in [-0.05, 0) is 48.1 Å². The van der Waals surface area contributed by atoms with Crippen molar-refractivity contribution in [3.05, 3.63) is 34.3 Å². The van der Waals surface area contributed by atoms with Gasteiger partial charge in [0.25, 0.3) is 5.91 Å². The van der Waals surface area contributed by atoms with Crippen LogP contribution in [0.4, 0.5) is 0 Å². The summed E-state index contributed by atoms with van der Waals surface area (Å²) in [5, 5.41) is 2.99. The van der Waals surface area contributed by atoms with E-state index in [-0.39, 0.29) is 5.91 Å². The largest absolute Gasteiger partial charge is 0.352 e. The molecule has 1 saturated heterocycles. The molecule has 1 aromatic rings. The summed E-state index contributed by atoms with van der Waals surface area (Å²) in [5.74, 6) is 3.10. The van der Waals surface area contributed by atoms with Gasteiger partial charge in [0, 0.05) is 16.6 Å². The monoisotopic (exact) mass is 299 g/mol. The fraction of sp³-hybridized carbons (Fsp3) is 0.417. The molecule has 1 heterocycles. The Bertz CT molecular complexity index is 360. The lowest BCUT2D eigenvalue weighted by molar-refractivity contribution is 0.0948. The SMILES string of the molecule is O=C(NCC1CCSC1)c1ccc(Br)cc1. The number of carbonyl (C=O) groups excluding carboxylic acids is 1. The van der Waals surface area contributed by atoms with Gasteiger partial charge in [0.1, 0.15) is 0 Å². The van der Waals surface area contributed by atoms with Crippen molar-refractivity contribution in [2.24, 2.45) is 5.92 Å². The molecule has 0 aromatic heterocycles. The molecule has 1 aromatic carbocycles. The van der Waals surface area contributed by atoms with Crippen molar-refractivity contribution in [3.8, 4) is 0 Å². The van der Waals surface area contributed by atoms with E-state index in [0.29, 0.717) is 5.92 Å². The van der Waals surface area contributed by atoms with Gasteiger partial charge >= 0.3 is 0 Å². The van der Waals surface area contributed by atoms with Crippen LogP contribution in [0.2, 0.25) is 0 Å². The molecule has 2 rings (SSSR count). The normalized spacial score (nSPS) is 19.7. The molecule has 0 spiro atoms. The van der Waals surface area contributed by atoms with E-state index in [1.807, 2.05) is 36.0 Å². The third-order valence-corrected chi connectivity index (χ3v) is 4.44. The lowest BCUT2D eigenvalue weighted by Crippen LogP contribution is -2.29. The second-order valence-electron chi connectivity index (χ2n) is 3.95. The van der Waals surface area contributed by atoms with Crippen LogP contribution in [0.25, 0.3) is 0 Å². The van der Waals surface area contributed by atoms with Crippen molar-refractivity contribution in [1.82, 2.24) is 5.32 Å². The van der Waals surface area contributed by atoms with Gasteiger partial charge in [-0.2, -0.15) is 11.8 Å². The molecule has 16 heavy (non-hydrogen) atoms. The van der Waals surface area contributed by atoms with Gasteiger partial charge in [-0.25, -0.2) is 0 Å². The Balaban J connectivity index is 1.85. The third-order valence-electron chi connectivity index (χ3n) is 2.68. The van der Waals surface area contributed by atoms with Crippen LogP contribution < -0.4 is 5.32 Å². The van der Waals surface area contributed by atoms with Gasteiger partial charge in [-0.1, -0.05) is 15.9 Å². The molecule has 1 amide bonds. The van der Waals surface area contributed by atoms with Crippen LogP contribution >= 0.6 is 27.7 Å². The van der Waals surface area contributed by atoms with Crippen LogP contribution in [0, 0.1) is 5.92 Å². The summed E-state index contributed by atoms with van der Waals surface area (Å²) in [6.07, 6.45) is 1.23. The number of amides is 1.